The van der Waals surface area contributed by atoms with Crippen molar-refractivity contribution >= 4 is 16.1 Å². The maximum Gasteiger partial charge on any atom is 0.407 e. The number of nitrogens with one attached hydrogen (secondary N) is 1. The van der Waals surface area contributed by atoms with Crippen molar-refractivity contribution < 1.29 is 17.9 Å². The number of piperidine rings is 1. The van der Waals surface area contributed by atoms with Gasteiger partial charge in [0.05, 0.1) is 17.4 Å². The van der Waals surface area contributed by atoms with E-state index in [1.807, 2.05) is 6.07 Å². The zero-order valence-corrected chi connectivity index (χ0v) is 16.9. The number of carbonyl (C=O) groups excluding carboxylic acids is 1. The fraction of sp³-hybridized carbons (Fsp3) is 0.579. The van der Waals surface area contributed by atoms with E-state index >= 15 is 0 Å². The predicted molar refractivity (Wildman–Crippen MR) is 102 cm³/mol. The molecular weight excluding hydrogens is 366 g/mol. The third-order valence-corrected chi connectivity index (χ3v) is 6.08. The van der Waals surface area contributed by atoms with Crippen molar-refractivity contribution in [3.05, 3.63) is 35.4 Å². The van der Waals surface area contributed by atoms with Gasteiger partial charge < -0.3 is 10.1 Å². The molecule has 2 rings (SSSR count). The Kier molecular flexibility index (Phi) is 6.84. The lowest BCUT2D eigenvalue weighted by molar-refractivity contribution is 0.0513. The van der Waals surface area contributed by atoms with E-state index in [-0.39, 0.29) is 11.7 Å². The Balaban J connectivity index is 1.96. The Hall–Kier alpha value is -2.11. The van der Waals surface area contributed by atoms with Gasteiger partial charge in [-0.25, -0.2) is 17.5 Å². The Labute approximate surface area is 161 Å². The number of carbonyl (C=O) groups is 1. The van der Waals surface area contributed by atoms with Crippen LogP contribution in [0.5, 0.6) is 0 Å². The topological polar surface area (TPSA) is 99.5 Å². The summed E-state index contributed by atoms with van der Waals surface area (Å²) in [7, 11) is -3.53. The van der Waals surface area contributed by atoms with Crippen LogP contribution in [0.2, 0.25) is 0 Å². The van der Waals surface area contributed by atoms with Gasteiger partial charge in [0, 0.05) is 19.6 Å². The molecule has 1 atom stereocenters. The third-order valence-electron chi connectivity index (χ3n) is 4.28. The van der Waals surface area contributed by atoms with Gasteiger partial charge in [0.15, 0.2) is 0 Å². The first-order valence-corrected chi connectivity index (χ1v) is 10.6. The quantitative estimate of drug-likeness (QED) is 0.829. The van der Waals surface area contributed by atoms with Crippen molar-refractivity contribution in [3.63, 3.8) is 0 Å². The fourth-order valence-electron chi connectivity index (χ4n) is 3.03. The highest BCUT2D eigenvalue weighted by molar-refractivity contribution is 7.88. The smallest absolute Gasteiger partial charge is 0.407 e. The van der Waals surface area contributed by atoms with E-state index in [9.17, 15) is 13.2 Å². The molecule has 0 saturated carbocycles. The first-order valence-electron chi connectivity index (χ1n) is 9.03. The van der Waals surface area contributed by atoms with Gasteiger partial charge in [-0.2, -0.15) is 5.26 Å². The van der Waals surface area contributed by atoms with Crippen LogP contribution in [-0.4, -0.2) is 44.1 Å². The van der Waals surface area contributed by atoms with E-state index in [2.05, 4.69) is 5.32 Å². The van der Waals surface area contributed by atoms with E-state index < -0.39 is 21.7 Å². The molecule has 0 bridgehead atoms. The molecule has 1 aliphatic heterocycles. The number of hydrogen-bond acceptors (Lipinski definition) is 5. The predicted octanol–water partition coefficient (Wildman–Crippen LogP) is 2.62. The monoisotopic (exact) mass is 393 g/mol. The summed E-state index contributed by atoms with van der Waals surface area (Å²) in [5.41, 5.74) is 0.315. The normalized spacial score (nSPS) is 18.5. The van der Waals surface area contributed by atoms with Crippen LogP contribution in [0.1, 0.15) is 44.7 Å². The van der Waals surface area contributed by atoms with Gasteiger partial charge in [-0.15, -0.1) is 0 Å². The average Bonchev–Trinajstić information content (AvgIpc) is 2.59. The Bertz CT molecular complexity index is 809. The second-order valence-electron chi connectivity index (χ2n) is 7.77. The molecule has 1 amide bonds. The molecule has 1 aliphatic rings. The van der Waals surface area contributed by atoms with Crippen molar-refractivity contribution in [3.8, 4) is 6.07 Å². The van der Waals surface area contributed by atoms with Crippen molar-refractivity contribution in [1.82, 2.24) is 9.62 Å². The number of ether oxygens (including phenoxy) is 1. The van der Waals surface area contributed by atoms with E-state index in [0.717, 1.165) is 12.8 Å². The number of alkyl carbamates (subject to hydrolysis) is 1. The fourth-order valence-corrected chi connectivity index (χ4v) is 4.70. The summed E-state index contributed by atoms with van der Waals surface area (Å²) in [6, 6.07) is 8.77. The Morgan fingerprint density at radius 1 is 1.37 bits per heavy atom. The van der Waals surface area contributed by atoms with Gasteiger partial charge in [0.1, 0.15) is 5.60 Å². The second-order valence-corrected chi connectivity index (χ2v) is 9.74. The first-order chi connectivity index (χ1) is 12.6. The summed E-state index contributed by atoms with van der Waals surface area (Å²) < 4.78 is 32.3. The molecule has 0 aliphatic carbocycles. The summed E-state index contributed by atoms with van der Waals surface area (Å²) in [4.78, 5) is 11.8. The molecule has 1 fully saturated rings. The van der Waals surface area contributed by atoms with Gasteiger partial charge in [0.2, 0.25) is 10.0 Å². The molecule has 27 heavy (non-hydrogen) atoms. The minimum absolute atomic E-state index is 0.0345. The van der Waals surface area contributed by atoms with Crippen molar-refractivity contribution in [2.75, 3.05) is 19.6 Å². The highest BCUT2D eigenvalue weighted by atomic mass is 32.2. The van der Waals surface area contributed by atoms with Gasteiger partial charge in [0.25, 0.3) is 0 Å². The number of amides is 1. The van der Waals surface area contributed by atoms with E-state index in [1.165, 1.54) is 4.31 Å². The van der Waals surface area contributed by atoms with Crippen molar-refractivity contribution in [1.29, 1.82) is 5.26 Å². The number of nitrogens with zero attached hydrogens (tertiary/aromatic N) is 2. The maximum absolute atomic E-state index is 12.8. The molecule has 8 heteroatoms. The lowest BCUT2D eigenvalue weighted by atomic mass is 10.00. The molecule has 1 heterocycles. The molecule has 0 aromatic heterocycles. The summed E-state index contributed by atoms with van der Waals surface area (Å²) in [6.07, 6.45) is 1.08. The van der Waals surface area contributed by atoms with E-state index in [4.69, 9.17) is 10.00 Å². The molecule has 1 aromatic carbocycles. The van der Waals surface area contributed by atoms with Crippen LogP contribution >= 0.6 is 0 Å². The van der Waals surface area contributed by atoms with Crippen LogP contribution in [0.25, 0.3) is 0 Å². The van der Waals surface area contributed by atoms with E-state index in [1.54, 1.807) is 45.0 Å². The van der Waals surface area contributed by atoms with Crippen LogP contribution in [0.3, 0.4) is 0 Å². The van der Waals surface area contributed by atoms with Crippen molar-refractivity contribution in [2.24, 2.45) is 5.92 Å². The number of nitriles is 1. The number of rotatable bonds is 5. The summed E-state index contributed by atoms with van der Waals surface area (Å²) in [6.45, 7) is 6.56. The number of sulfonamides is 1. The summed E-state index contributed by atoms with van der Waals surface area (Å²) >= 11 is 0. The minimum atomic E-state index is -3.53. The van der Waals surface area contributed by atoms with Crippen LogP contribution < -0.4 is 5.32 Å². The lowest BCUT2D eigenvalue weighted by Crippen LogP contribution is -2.44. The highest BCUT2D eigenvalue weighted by Crippen LogP contribution is 2.22. The van der Waals surface area contributed by atoms with Crippen LogP contribution in [0.15, 0.2) is 24.3 Å². The van der Waals surface area contributed by atoms with Gasteiger partial charge in [-0.3, -0.25) is 0 Å². The third kappa shape index (κ3) is 6.52. The number of benzene rings is 1. The molecule has 7 nitrogen and oxygen atoms in total. The summed E-state index contributed by atoms with van der Waals surface area (Å²) in [5, 5.41) is 11.9. The standard InChI is InChI=1S/C19H27N3O4S/c1-19(2,3)26-18(23)21-12-15-7-6-10-22(13-15)27(24,25)14-17-9-5-4-8-16(17)11-20/h4-5,8-9,15H,6-7,10,12-14H2,1-3H3,(H,21,23)/t15-/m0/s1. The highest BCUT2D eigenvalue weighted by Gasteiger charge is 2.30. The molecule has 0 radical (unpaired) electrons. The molecule has 1 N–H and O–H groups in total. The number of hydrogen-bond donors (Lipinski definition) is 1. The van der Waals surface area contributed by atoms with Crippen LogP contribution in [0, 0.1) is 17.2 Å². The average molecular weight is 394 g/mol. The molecule has 1 saturated heterocycles. The lowest BCUT2D eigenvalue weighted by Gasteiger charge is -2.32. The second kappa shape index (κ2) is 8.72. The van der Waals surface area contributed by atoms with E-state index in [0.29, 0.717) is 30.8 Å². The zero-order chi connectivity index (χ0) is 20.1. The minimum Gasteiger partial charge on any atom is -0.444 e. The molecule has 0 unspecified atom stereocenters. The maximum atomic E-state index is 12.8. The molecule has 148 valence electrons. The SMILES string of the molecule is CC(C)(C)OC(=O)NC[C@@H]1CCCN(S(=O)(=O)Cc2ccccc2C#N)C1. The Morgan fingerprint density at radius 3 is 2.74 bits per heavy atom. The first kappa shape index (κ1) is 21.2. The zero-order valence-electron chi connectivity index (χ0n) is 16.1. The van der Waals surface area contributed by atoms with Crippen LogP contribution in [0.4, 0.5) is 4.79 Å². The van der Waals surface area contributed by atoms with Gasteiger partial charge >= 0.3 is 6.09 Å². The summed E-state index contributed by atoms with van der Waals surface area (Å²) in [5.74, 6) is -0.157. The molecule has 0 spiro atoms. The largest absolute Gasteiger partial charge is 0.444 e. The molecular formula is C19H27N3O4S. The van der Waals surface area contributed by atoms with Crippen molar-refractivity contribution in [2.45, 2.75) is 45.0 Å². The molecule has 1 aromatic rings. The van der Waals surface area contributed by atoms with Crippen LogP contribution in [-0.2, 0) is 20.5 Å². The Morgan fingerprint density at radius 2 is 2.07 bits per heavy atom. The van der Waals surface area contributed by atoms with Gasteiger partial charge in [-0.1, -0.05) is 18.2 Å². The van der Waals surface area contributed by atoms with Gasteiger partial charge in [-0.05, 0) is 51.2 Å².